The fourth-order valence-electron chi connectivity index (χ4n) is 2.21. The van der Waals surface area contributed by atoms with Crippen molar-refractivity contribution in [2.75, 3.05) is 12.8 Å². The number of amides is 2. The summed E-state index contributed by atoms with van der Waals surface area (Å²) in [6, 6.07) is 7.13. The molecule has 8 heteroatoms. The summed E-state index contributed by atoms with van der Waals surface area (Å²) in [5, 5.41) is 5.57. The maximum atomic E-state index is 12.5. The van der Waals surface area contributed by atoms with Crippen molar-refractivity contribution in [3.05, 3.63) is 40.4 Å². The van der Waals surface area contributed by atoms with Gasteiger partial charge in [0, 0.05) is 6.04 Å². The van der Waals surface area contributed by atoms with Crippen molar-refractivity contribution in [1.29, 1.82) is 0 Å². The number of nitrogens with two attached hydrogens (primary N) is 1. The van der Waals surface area contributed by atoms with Gasteiger partial charge < -0.3 is 21.1 Å². The average Bonchev–Trinajstić information content (AvgIpc) is 2.96. The Morgan fingerprint density at radius 3 is 2.56 bits per heavy atom. The molecule has 2 aromatic rings. The van der Waals surface area contributed by atoms with Gasteiger partial charge in [0.05, 0.1) is 18.8 Å². The zero-order valence-corrected chi connectivity index (χ0v) is 15.4. The molecule has 1 aromatic carbocycles. The molecule has 25 heavy (non-hydrogen) atoms. The number of nitrogens with one attached hydrogen (secondary N) is 2. The summed E-state index contributed by atoms with van der Waals surface area (Å²) in [5.41, 5.74) is 7.02. The van der Waals surface area contributed by atoms with Gasteiger partial charge in [0.2, 0.25) is 0 Å². The summed E-state index contributed by atoms with van der Waals surface area (Å²) in [4.78, 5) is 24.7. The number of hydrogen-bond donors (Lipinski definition) is 3. The number of anilines is 1. The number of nitrogens with zero attached hydrogens (tertiary/aromatic N) is 1. The topological polar surface area (TPSA) is 106 Å². The van der Waals surface area contributed by atoms with Crippen LogP contribution in [0.2, 0.25) is 0 Å². The lowest BCUT2D eigenvalue weighted by Crippen LogP contribution is -2.31. The Labute approximate surface area is 150 Å². The number of aromatic nitrogens is 1. The SMILES string of the molecule is COc1cccc(C(C)NC(=O)c2snc(C(=O)NC(C)C)c2N)c1. The van der Waals surface area contributed by atoms with E-state index in [9.17, 15) is 9.59 Å². The molecule has 2 amide bonds. The number of ether oxygens (including phenoxy) is 1. The Morgan fingerprint density at radius 1 is 1.20 bits per heavy atom. The van der Waals surface area contributed by atoms with Crippen molar-refractivity contribution < 1.29 is 14.3 Å². The Hall–Kier alpha value is -2.61. The fourth-order valence-corrected chi connectivity index (χ4v) is 2.91. The van der Waals surface area contributed by atoms with Crippen LogP contribution < -0.4 is 21.1 Å². The zero-order valence-electron chi connectivity index (χ0n) is 14.6. The molecule has 0 saturated carbocycles. The minimum Gasteiger partial charge on any atom is -0.497 e. The number of carbonyl (C=O) groups is 2. The van der Waals surface area contributed by atoms with Crippen LogP contribution in [0.5, 0.6) is 5.75 Å². The highest BCUT2D eigenvalue weighted by Gasteiger charge is 2.23. The summed E-state index contributed by atoms with van der Waals surface area (Å²) < 4.78 is 9.21. The van der Waals surface area contributed by atoms with Gasteiger partial charge >= 0.3 is 0 Å². The highest BCUT2D eigenvalue weighted by atomic mass is 32.1. The maximum absolute atomic E-state index is 12.5. The number of benzene rings is 1. The largest absolute Gasteiger partial charge is 0.497 e. The molecule has 0 fully saturated rings. The monoisotopic (exact) mass is 362 g/mol. The standard InChI is InChI=1S/C17H22N4O3S/c1-9(2)19-16(22)14-13(18)15(25-21-14)17(23)20-10(3)11-6-5-7-12(8-11)24-4/h5-10H,18H2,1-4H3,(H,19,22)(H,20,23). The summed E-state index contributed by atoms with van der Waals surface area (Å²) in [7, 11) is 1.59. The van der Waals surface area contributed by atoms with Gasteiger partial charge in [-0.3, -0.25) is 9.59 Å². The van der Waals surface area contributed by atoms with E-state index in [0.717, 1.165) is 17.1 Å². The minimum atomic E-state index is -0.386. The van der Waals surface area contributed by atoms with Crippen LogP contribution in [0.1, 0.15) is 52.5 Å². The van der Waals surface area contributed by atoms with Gasteiger partial charge in [0.25, 0.3) is 11.8 Å². The van der Waals surface area contributed by atoms with Gasteiger partial charge in [0.15, 0.2) is 5.69 Å². The first kappa shape index (κ1) is 18.7. The maximum Gasteiger partial charge on any atom is 0.273 e. The second kappa shape index (κ2) is 7.98. The van der Waals surface area contributed by atoms with Crippen LogP contribution in [0.15, 0.2) is 24.3 Å². The fraction of sp³-hybridized carbons (Fsp3) is 0.353. The first-order valence-corrected chi connectivity index (χ1v) is 8.61. The Bertz CT molecular complexity index is 773. The van der Waals surface area contributed by atoms with Crippen molar-refractivity contribution in [3.8, 4) is 5.75 Å². The molecule has 7 nitrogen and oxygen atoms in total. The van der Waals surface area contributed by atoms with Gasteiger partial charge in [-0.05, 0) is 50.0 Å². The number of methoxy groups -OCH3 is 1. The molecule has 0 bridgehead atoms. The van der Waals surface area contributed by atoms with Crippen LogP contribution in [-0.4, -0.2) is 29.3 Å². The van der Waals surface area contributed by atoms with E-state index >= 15 is 0 Å². The summed E-state index contributed by atoms with van der Waals surface area (Å²) in [5.74, 6) is -0.0406. The molecule has 134 valence electrons. The summed E-state index contributed by atoms with van der Waals surface area (Å²) in [6.45, 7) is 5.53. The van der Waals surface area contributed by atoms with Crippen molar-refractivity contribution in [2.24, 2.45) is 0 Å². The lowest BCUT2D eigenvalue weighted by atomic mass is 10.1. The zero-order chi connectivity index (χ0) is 18.6. The van der Waals surface area contributed by atoms with Gasteiger partial charge in [-0.25, -0.2) is 0 Å². The molecular formula is C17H22N4O3S. The Morgan fingerprint density at radius 2 is 1.92 bits per heavy atom. The van der Waals surface area contributed by atoms with E-state index in [2.05, 4.69) is 15.0 Å². The van der Waals surface area contributed by atoms with Gasteiger partial charge in [-0.2, -0.15) is 4.37 Å². The van der Waals surface area contributed by atoms with Gasteiger partial charge in [-0.15, -0.1) is 0 Å². The normalized spacial score (nSPS) is 11.9. The van der Waals surface area contributed by atoms with Crippen LogP contribution in [-0.2, 0) is 0 Å². The summed E-state index contributed by atoms with van der Waals surface area (Å²) >= 11 is 0.912. The van der Waals surface area contributed by atoms with Crippen LogP contribution in [0.4, 0.5) is 5.69 Å². The van der Waals surface area contributed by atoms with Crippen molar-refractivity contribution in [2.45, 2.75) is 32.9 Å². The smallest absolute Gasteiger partial charge is 0.273 e. The van der Waals surface area contributed by atoms with E-state index in [4.69, 9.17) is 10.5 Å². The first-order valence-electron chi connectivity index (χ1n) is 7.84. The van der Waals surface area contributed by atoms with Crippen molar-refractivity contribution in [1.82, 2.24) is 15.0 Å². The van der Waals surface area contributed by atoms with Gasteiger partial charge in [-0.1, -0.05) is 12.1 Å². The molecule has 1 unspecified atom stereocenters. The molecule has 1 aromatic heterocycles. The van der Waals surface area contributed by atoms with Crippen LogP contribution in [0.3, 0.4) is 0 Å². The molecule has 4 N–H and O–H groups in total. The van der Waals surface area contributed by atoms with Crippen molar-refractivity contribution in [3.63, 3.8) is 0 Å². The lowest BCUT2D eigenvalue weighted by molar-refractivity contribution is 0.0938. The number of carbonyl (C=O) groups excluding carboxylic acids is 2. The molecule has 0 aliphatic carbocycles. The second-order valence-electron chi connectivity index (χ2n) is 5.87. The number of rotatable bonds is 6. The van der Waals surface area contributed by atoms with Crippen molar-refractivity contribution >= 4 is 29.0 Å². The lowest BCUT2D eigenvalue weighted by Gasteiger charge is -2.14. The van der Waals surface area contributed by atoms with E-state index < -0.39 is 0 Å². The van der Waals surface area contributed by atoms with E-state index in [0.29, 0.717) is 5.75 Å². The van der Waals surface area contributed by atoms with Crippen LogP contribution >= 0.6 is 11.5 Å². The molecular weight excluding hydrogens is 340 g/mol. The molecule has 0 aliphatic rings. The molecule has 0 aliphatic heterocycles. The molecule has 0 radical (unpaired) electrons. The Kier molecular flexibility index (Phi) is 5.97. The number of nitrogen functional groups attached to an aromatic ring is 1. The number of hydrogen-bond acceptors (Lipinski definition) is 6. The van der Waals surface area contributed by atoms with E-state index in [1.165, 1.54) is 0 Å². The molecule has 2 rings (SSSR count). The van der Waals surface area contributed by atoms with Crippen LogP contribution in [0, 0.1) is 0 Å². The highest BCUT2D eigenvalue weighted by molar-refractivity contribution is 7.09. The van der Waals surface area contributed by atoms with E-state index in [1.54, 1.807) is 7.11 Å². The highest BCUT2D eigenvalue weighted by Crippen LogP contribution is 2.24. The molecule has 1 atom stereocenters. The predicted octanol–water partition coefficient (Wildman–Crippen LogP) is 2.36. The summed E-state index contributed by atoms with van der Waals surface area (Å²) in [6.07, 6.45) is 0. The quantitative estimate of drug-likeness (QED) is 0.731. The Balaban J connectivity index is 2.13. The molecule has 1 heterocycles. The average molecular weight is 362 g/mol. The minimum absolute atomic E-state index is 0.0426. The van der Waals surface area contributed by atoms with E-state index in [1.807, 2.05) is 45.0 Å². The third-order valence-corrected chi connectivity index (χ3v) is 4.37. The third kappa shape index (κ3) is 4.48. The molecule has 0 saturated heterocycles. The van der Waals surface area contributed by atoms with Gasteiger partial charge in [0.1, 0.15) is 10.6 Å². The van der Waals surface area contributed by atoms with E-state index in [-0.39, 0.29) is 40.2 Å². The third-order valence-electron chi connectivity index (χ3n) is 3.51. The predicted molar refractivity (Wildman–Crippen MR) is 98.0 cm³/mol. The second-order valence-corrected chi connectivity index (χ2v) is 6.65. The van der Waals surface area contributed by atoms with Crippen LogP contribution in [0.25, 0.3) is 0 Å². The molecule has 0 spiro atoms. The first-order chi connectivity index (χ1) is 11.8.